The minimum atomic E-state index is 0.268. The van der Waals surface area contributed by atoms with Crippen LogP contribution in [0.5, 0.6) is 0 Å². The zero-order valence-electron chi connectivity index (χ0n) is 15.9. The van der Waals surface area contributed by atoms with E-state index >= 15 is 0 Å². The second kappa shape index (κ2) is 8.97. The first kappa shape index (κ1) is 19.4. The van der Waals surface area contributed by atoms with Crippen molar-refractivity contribution >= 4 is 23.0 Å². The van der Waals surface area contributed by atoms with Gasteiger partial charge in [0, 0.05) is 12.2 Å². The maximum absolute atomic E-state index is 5.49. The van der Waals surface area contributed by atoms with Crippen molar-refractivity contribution in [2.24, 2.45) is 0 Å². The van der Waals surface area contributed by atoms with Gasteiger partial charge in [-0.25, -0.2) is 0 Å². The van der Waals surface area contributed by atoms with Crippen molar-refractivity contribution in [2.45, 2.75) is 33.2 Å². The highest BCUT2D eigenvalue weighted by Crippen LogP contribution is 2.20. The summed E-state index contributed by atoms with van der Waals surface area (Å²) in [6, 6.07) is 15.3. The molecule has 134 valence electrons. The molecule has 0 saturated heterocycles. The minimum absolute atomic E-state index is 0.268. The normalized spacial score (nSPS) is 12.1. The number of benzene rings is 2. The molecule has 0 aliphatic heterocycles. The molecule has 0 aromatic heterocycles. The Morgan fingerprint density at radius 3 is 2.36 bits per heavy atom. The van der Waals surface area contributed by atoms with Crippen molar-refractivity contribution in [3.63, 3.8) is 0 Å². The van der Waals surface area contributed by atoms with Crippen LogP contribution in [-0.2, 0) is 6.42 Å². The van der Waals surface area contributed by atoms with E-state index in [2.05, 4.69) is 86.8 Å². The van der Waals surface area contributed by atoms with Crippen molar-refractivity contribution in [2.75, 3.05) is 26.0 Å². The van der Waals surface area contributed by atoms with Gasteiger partial charge < -0.3 is 15.5 Å². The highest BCUT2D eigenvalue weighted by atomic mass is 32.1. The number of hydrogen-bond donors (Lipinski definition) is 2. The third-order valence-electron chi connectivity index (χ3n) is 4.70. The average Bonchev–Trinajstić information content (AvgIpc) is 2.59. The molecule has 4 heteroatoms. The molecule has 0 fully saturated rings. The Kier molecular flexibility index (Phi) is 6.97. The Labute approximate surface area is 157 Å². The summed E-state index contributed by atoms with van der Waals surface area (Å²) >= 11 is 5.49. The third kappa shape index (κ3) is 5.28. The van der Waals surface area contributed by atoms with E-state index < -0.39 is 0 Å². The quantitative estimate of drug-likeness (QED) is 0.749. The number of nitrogens with one attached hydrogen (secondary N) is 2. The summed E-state index contributed by atoms with van der Waals surface area (Å²) in [5.41, 5.74) is 6.21. The van der Waals surface area contributed by atoms with E-state index in [-0.39, 0.29) is 6.04 Å². The van der Waals surface area contributed by atoms with E-state index in [1.54, 1.807) is 0 Å². The summed E-state index contributed by atoms with van der Waals surface area (Å²) in [5.74, 6) is 0. The fourth-order valence-electron chi connectivity index (χ4n) is 2.82. The molecule has 0 heterocycles. The predicted octanol–water partition coefficient (Wildman–Crippen LogP) is 4.46. The van der Waals surface area contributed by atoms with E-state index in [1.165, 1.54) is 22.3 Å². The number of anilines is 1. The molecule has 0 saturated carbocycles. The van der Waals surface area contributed by atoms with Crippen LogP contribution in [0.2, 0.25) is 0 Å². The van der Waals surface area contributed by atoms with Gasteiger partial charge in [0.05, 0.1) is 6.04 Å². The SMILES string of the molecule is CCc1ccc([C@@H](CNC(=S)Nc2cccc(C)c2C)N(C)C)cc1. The Morgan fingerprint density at radius 2 is 1.76 bits per heavy atom. The molecule has 1 atom stereocenters. The minimum Gasteiger partial charge on any atom is -0.361 e. The van der Waals surface area contributed by atoms with Crippen molar-refractivity contribution in [3.05, 3.63) is 64.7 Å². The molecule has 3 nitrogen and oxygen atoms in total. The molecule has 0 aliphatic rings. The summed E-state index contributed by atoms with van der Waals surface area (Å²) in [6.45, 7) is 7.16. The van der Waals surface area contributed by atoms with Crippen molar-refractivity contribution in [1.29, 1.82) is 0 Å². The fraction of sp³-hybridized carbons (Fsp3) is 0.381. The van der Waals surface area contributed by atoms with Crippen molar-refractivity contribution < 1.29 is 0 Å². The zero-order chi connectivity index (χ0) is 18.4. The summed E-state index contributed by atoms with van der Waals surface area (Å²) in [5, 5.41) is 7.34. The Morgan fingerprint density at radius 1 is 1.08 bits per heavy atom. The standard InChI is InChI=1S/C21H29N3S/c1-6-17-10-12-18(13-11-17)20(24(4)5)14-22-21(25)23-19-9-7-8-15(2)16(19)3/h7-13,20H,6,14H2,1-5H3,(H2,22,23,25)/t20-/m1/s1. The third-order valence-corrected chi connectivity index (χ3v) is 4.95. The van der Waals surface area contributed by atoms with Crippen LogP contribution in [0.25, 0.3) is 0 Å². The van der Waals surface area contributed by atoms with Gasteiger partial charge in [-0.3, -0.25) is 0 Å². The molecule has 2 aromatic carbocycles. The first-order chi connectivity index (χ1) is 11.9. The number of hydrogen-bond acceptors (Lipinski definition) is 2. The number of thiocarbonyl (C=S) groups is 1. The zero-order valence-corrected chi connectivity index (χ0v) is 16.7. The van der Waals surface area contributed by atoms with E-state index in [1.807, 2.05) is 6.07 Å². The maximum Gasteiger partial charge on any atom is 0.170 e. The van der Waals surface area contributed by atoms with E-state index in [0.29, 0.717) is 5.11 Å². The van der Waals surface area contributed by atoms with Gasteiger partial charge in [0.25, 0.3) is 0 Å². The van der Waals surface area contributed by atoms with Crippen molar-refractivity contribution in [3.8, 4) is 0 Å². The number of rotatable bonds is 6. The lowest BCUT2D eigenvalue weighted by atomic mass is 10.0. The number of likely N-dealkylation sites (N-methyl/N-ethyl adjacent to an activating group) is 1. The number of nitrogens with zero attached hydrogens (tertiary/aromatic N) is 1. The van der Waals surface area contributed by atoms with Gasteiger partial charge in [-0.1, -0.05) is 43.3 Å². The van der Waals surface area contributed by atoms with E-state index in [9.17, 15) is 0 Å². The number of aryl methyl sites for hydroxylation is 2. The first-order valence-corrected chi connectivity index (χ1v) is 9.19. The van der Waals surface area contributed by atoms with Crippen LogP contribution in [0, 0.1) is 13.8 Å². The van der Waals surface area contributed by atoms with Gasteiger partial charge in [-0.2, -0.15) is 0 Å². The maximum atomic E-state index is 5.49. The molecule has 0 radical (unpaired) electrons. The summed E-state index contributed by atoms with van der Waals surface area (Å²) in [4.78, 5) is 2.22. The summed E-state index contributed by atoms with van der Waals surface area (Å²) < 4.78 is 0. The molecule has 2 aromatic rings. The Balaban J connectivity index is 2.00. The molecule has 25 heavy (non-hydrogen) atoms. The Hall–Kier alpha value is -1.91. The van der Waals surface area contributed by atoms with Gasteiger partial charge in [-0.15, -0.1) is 0 Å². The van der Waals surface area contributed by atoms with Crippen LogP contribution in [-0.4, -0.2) is 30.7 Å². The molecule has 2 rings (SSSR count). The molecule has 0 unspecified atom stereocenters. The van der Waals surface area contributed by atoms with E-state index in [0.717, 1.165) is 18.7 Å². The highest BCUT2D eigenvalue weighted by Gasteiger charge is 2.14. The lowest BCUT2D eigenvalue weighted by Crippen LogP contribution is -2.36. The molecule has 0 amide bonds. The Bertz CT molecular complexity index is 708. The molecule has 0 aliphatic carbocycles. The second-order valence-electron chi connectivity index (χ2n) is 6.66. The van der Waals surface area contributed by atoms with Crippen LogP contribution in [0.4, 0.5) is 5.69 Å². The van der Waals surface area contributed by atoms with Gasteiger partial charge in [0.1, 0.15) is 0 Å². The van der Waals surface area contributed by atoms with Gasteiger partial charge in [0.15, 0.2) is 5.11 Å². The van der Waals surface area contributed by atoms with Crippen LogP contribution >= 0.6 is 12.2 Å². The van der Waals surface area contributed by atoms with Gasteiger partial charge in [0.2, 0.25) is 0 Å². The predicted molar refractivity (Wildman–Crippen MR) is 112 cm³/mol. The monoisotopic (exact) mass is 355 g/mol. The van der Waals surface area contributed by atoms with Gasteiger partial charge in [-0.05, 0) is 74.9 Å². The van der Waals surface area contributed by atoms with E-state index in [4.69, 9.17) is 12.2 Å². The topological polar surface area (TPSA) is 27.3 Å². The lowest BCUT2D eigenvalue weighted by molar-refractivity contribution is 0.299. The molecule has 0 spiro atoms. The second-order valence-corrected chi connectivity index (χ2v) is 7.07. The summed E-state index contributed by atoms with van der Waals surface area (Å²) in [7, 11) is 4.20. The summed E-state index contributed by atoms with van der Waals surface area (Å²) in [6.07, 6.45) is 1.06. The van der Waals surface area contributed by atoms with Crippen LogP contribution in [0.1, 0.15) is 35.2 Å². The van der Waals surface area contributed by atoms with Crippen molar-refractivity contribution in [1.82, 2.24) is 10.2 Å². The molecule has 0 bridgehead atoms. The highest BCUT2D eigenvalue weighted by molar-refractivity contribution is 7.80. The molecular weight excluding hydrogens is 326 g/mol. The fourth-order valence-corrected chi connectivity index (χ4v) is 3.01. The average molecular weight is 356 g/mol. The first-order valence-electron chi connectivity index (χ1n) is 8.78. The van der Waals surface area contributed by atoms with Gasteiger partial charge >= 0.3 is 0 Å². The van der Waals surface area contributed by atoms with Crippen LogP contribution < -0.4 is 10.6 Å². The molecular formula is C21H29N3S. The molecule has 2 N–H and O–H groups in total. The van der Waals surface area contributed by atoms with Crippen LogP contribution in [0.15, 0.2) is 42.5 Å². The lowest BCUT2D eigenvalue weighted by Gasteiger charge is -2.26. The van der Waals surface area contributed by atoms with Crippen LogP contribution in [0.3, 0.4) is 0 Å². The smallest absolute Gasteiger partial charge is 0.170 e. The largest absolute Gasteiger partial charge is 0.361 e.